The Kier molecular flexibility index (Phi) is 5.80. The zero-order valence-electron chi connectivity index (χ0n) is 12.7. The molecule has 2 N–H and O–H groups in total. The van der Waals surface area contributed by atoms with Gasteiger partial charge < -0.3 is 15.0 Å². The third kappa shape index (κ3) is 3.62. The second kappa shape index (κ2) is 7.12. The van der Waals surface area contributed by atoms with Crippen LogP contribution in [0.5, 0.6) is 0 Å². The van der Waals surface area contributed by atoms with E-state index >= 15 is 0 Å². The lowest BCUT2D eigenvalue weighted by Gasteiger charge is -2.12. The summed E-state index contributed by atoms with van der Waals surface area (Å²) < 4.78 is 2.07. The number of hydrogen-bond acceptors (Lipinski definition) is 2. The predicted octanol–water partition coefficient (Wildman–Crippen LogP) is 2.36. The minimum atomic E-state index is -0.855. The van der Waals surface area contributed by atoms with E-state index in [-0.39, 0.29) is 12.5 Å². The first kappa shape index (κ1) is 16.3. The summed E-state index contributed by atoms with van der Waals surface area (Å²) in [5, 5.41) is 11.8. The van der Waals surface area contributed by atoms with Crippen molar-refractivity contribution < 1.29 is 14.7 Å². The van der Waals surface area contributed by atoms with Crippen LogP contribution in [0, 0.1) is 19.8 Å². The van der Waals surface area contributed by atoms with E-state index in [9.17, 15) is 9.59 Å². The lowest BCUT2D eigenvalue weighted by molar-refractivity contribution is -0.141. The number of nitrogens with one attached hydrogen (secondary N) is 1. The third-order valence-corrected chi connectivity index (χ3v) is 3.63. The summed E-state index contributed by atoms with van der Waals surface area (Å²) in [5.41, 5.74) is 2.59. The number of carbonyl (C=O) groups excluding carboxylic acids is 1. The Morgan fingerprint density at radius 1 is 1.35 bits per heavy atom. The second-order valence-corrected chi connectivity index (χ2v) is 5.06. The van der Waals surface area contributed by atoms with Crippen LogP contribution >= 0.6 is 0 Å². The Labute approximate surface area is 120 Å². The summed E-state index contributed by atoms with van der Waals surface area (Å²) in [6.07, 6.45) is 1.36. The van der Waals surface area contributed by atoms with E-state index in [0.717, 1.165) is 24.4 Å². The number of aliphatic carboxylic acids is 1. The average molecular weight is 280 g/mol. The first-order valence-electron chi connectivity index (χ1n) is 7.10. The van der Waals surface area contributed by atoms with Gasteiger partial charge in [0.1, 0.15) is 0 Å². The molecule has 1 atom stereocenters. The van der Waals surface area contributed by atoms with Crippen LogP contribution in [0.2, 0.25) is 0 Å². The van der Waals surface area contributed by atoms with Crippen molar-refractivity contribution in [2.45, 2.75) is 47.1 Å². The second-order valence-electron chi connectivity index (χ2n) is 5.06. The highest BCUT2D eigenvalue weighted by atomic mass is 16.4. The first-order chi connectivity index (χ1) is 9.42. The van der Waals surface area contributed by atoms with Crippen molar-refractivity contribution >= 4 is 11.9 Å². The van der Waals surface area contributed by atoms with Crippen LogP contribution < -0.4 is 5.32 Å². The number of carboxylic acid groups (broad SMARTS) is 1. The van der Waals surface area contributed by atoms with Crippen LogP contribution in [0.1, 0.15) is 48.4 Å². The molecule has 1 rings (SSSR count). The molecular weight excluding hydrogens is 256 g/mol. The van der Waals surface area contributed by atoms with E-state index in [4.69, 9.17) is 5.11 Å². The maximum absolute atomic E-state index is 12.2. The smallest absolute Gasteiger partial charge is 0.308 e. The number of aryl methyl sites for hydroxylation is 1. The number of amides is 1. The molecule has 112 valence electrons. The van der Waals surface area contributed by atoms with Crippen molar-refractivity contribution in [3.63, 3.8) is 0 Å². The number of rotatable bonds is 7. The molecule has 0 bridgehead atoms. The van der Waals surface area contributed by atoms with Gasteiger partial charge in [-0.15, -0.1) is 0 Å². The molecule has 0 spiro atoms. The van der Waals surface area contributed by atoms with Gasteiger partial charge in [-0.2, -0.15) is 0 Å². The molecule has 5 heteroatoms. The maximum Gasteiger partial charge on any atom is 0.308 e. The highest BCUT2D eigenvalue weighted by Gasteiger charge is 2.19. The molecular formula is C15H24N2O3. The fourth-order valence-electron chi connectivity index (χ4n) is 2.49. The van der Waals surface area contributed by atoms with Gasteiger partial charge in [0.2, 0.25) is 0 Å². The number of carboxylic acids is 1. The predicted molar refractivity (Wildman–Crippen MR) is 77.9 cm³/mol. The van der Waals surface area contributed by atoms with E-state index in [2.05, 4.69) is 9.88 Å². The summed E-state index contributed by atoms with van der Waals surface area (Å²) in [7, 11) is 0. The highest BCUT2D eigenvalue weighted by molar-refractivity contribution is 5.95. The molecule has 0 aliphatic rings. The highest BCUT2D eigenvalue weighted by Crippen LogP contribution is 2.15. The fraction of sp³-hybridized carbons (Fsp3) is 0.600. The minimum Gasteiger partial charge on any atom is -0.481 e. The van der Waals surface area contributed by atoms with Gasteiger partial charge in [-0.1, -0.05) is 13.3 Å². The molecule has 0 saturated carbocycles. The molecule has 20 heavy (non-hydrogen) atoms. The van der Waals surface area contributed by atoms with Crippen LogP contribution in [0.25, 0.3) is 0 Å². The Morgan fingerprint density at radius 3 is 2.45 bits per heavy atom. The molecule has 5 nitrogen and oxygen atoms in total. The summed E-state index contributed by atoms with van der Waals surface area (Å²) in [6.45, 7) is 8.84. The van der Waals surface area contributed by atoms with Gasteiger partial charge in [-0.3, -0.25) is 9.59 Å². The van der Waals surface area contributed by atoms with Gasteiger partial charge >= 0.3 is 5.97 Å². The topological polar surface area (TPSA) is 71.3 Å². The molecule has 1 amide bonds. The lowest BCUT2D eigenvalue weighted by Crippen LogP contribution is -2.33. The molecule has 0 aliphatic carbocycles. The molecule has 1 aromatic rings. The van der Waals surface area contributed by atoms with Crippen molar-refractivity contribution in [3.8, 4) is 0 Å². The van der Waals surface area contributed by atoms with Gasteiger partial charge in [0.15, 0.2) is 0 Å². The van der Waals surface area contributed by atoms with E-state index < -0.39 is 11.9 Å². The summed E-state index contributed by atoms with van der Waals surface area (Å²) in [6, 6.07) is 1.85. The fourth-order valence-corrected chi connectivity index (χ4v) is 2.49. The number of carbonyl (C=O) groups is 2. The van der Waals surface area contributed by atoms with Crippen molar-refractivity contribution in [2.75, 3.05) is 6.54 Å². The van der Waals surface area contributed by atoms with Crippen molar-refractivity contribution in [2.24, 2.45) is 5.92 Å². The molecule has 1 aromatic heterocycles. The zero-order chi connectivity index (χ0) is 15.3. The summed E-state index contributed by atoms with van der Waals surface area (Å²) in [4.78, 5) is 23.2. The number of hydrogen-bond donors (Lipinski definition) is 2. The normalized spacial score (nSPS) is 12.2. The standard InChI is InChI=1S/C15H24N2O3/c1-5-7-12(15(19)20)9-16-14(18)13-8-10(3)17(6-2)11(13)4/h8,12H,5-7,9H2,1-4H3,(H,16,18)(H,19,20). The molecule has 0 fully saturated rings. The minimum absolute atomic E-state index is 0.178. The number of nitrogens with zero attached hydrogens (tertiary/aromatic N) is 1. The summed E-state index contributed by atoms with van der Waals surface area (Å²) >= 11 is 0. The Morgan fingerprint density at radius 2 is 2.00 bits per heavy atom. The number of aromatic nitrogens is 1. The Hall–Kier alpha value is -1.78. The third-order valence-electron chi connectivity index (χ3n) is 3.63. The van der Waals surface area contributed by atoms with Crippen molar-refractivity contribution in [1.82, 2.24) is 9.88 Å². The lowest BCUT2D eigenvalue weighted by atomic mass is 10.0. The molecule has 0 aromatic carbocycles. The quantitative estimate of drug-likeness (QED) is 0.805. The van der Waals surface area contributed by atoms with Crippen molar-refractivity contribution in [3.05, 3.63) is 23.0 Å². The zero-order valence-corrected chi connectivity index (χ0v) is 12.7. The van der Waals surface area contributed by atoms with E-state index in [1.165, 1.54) is 0 Å². The molecule has 1 unspecified atom stereocenters. The largest absolute Gasteiger partial charge is 0.481 e. The van der Waals surface area contributed by atoms with Gasteiger partial charge in [-0.25, -0.2) is 0 Å². The van der Waals surface area contributed by atoms with Crippen LogP contribution in [-0.4, -0.2) is 28.1 Å². The maximum atomic E-state index is 12.2. The van der Waals surface area contributed by atoms with Gasteiger partial charge in [-0.05, 0) is 33.3 Å². The Balaban J connectivity index is 2.74. The van der Waals surface area contributed by atoms with Gasteiger partial charge in [0, 0.05) is 24.5 Å². The van der Waals surface area contributed by atoms with E-state index in [1.54, 1.807) is 0 Å². The van der Waals surface area contributed by atoms with E-state index in [1.807, 2.05) is 33.8 Å². The average Bonchev–Trinajstić information content (AvgIpc) is 2.68. The van der Waals surface area contributed by atoms with Crippen LogP contribution in [-0.2, 0) is 11.3 Å². The van der Waals surface area contributed by atoms with Crippen LogP contribution in [0.15, 0.2) is 6.07 Å². The molecule has 0 saturated heterocycles. The molecule has 0 radical (unpaired) electrons. The van der Waals surface area contributed by atoms with Gasteiger partial charge in [0.25, 0.3) is 5.91 Å². The monoisotopic (exact) mass is 280 g/mol. The van der Waals surface area contributed by atoms with Crippen LogP contribution in [0.4, 0.5) is 0 Å². The van der Waals surface area contributed by atoms with Crippen LogP contribution in [0.3, 0.4) is 0 Å². The van der Waals surface area contributed by atoms with Gasteiger partial charge in [0.05, 0.1) is 11.5 Å². The van der Waals surface area contributed by atoms with E-state index in [0.29, 0.717) is 12.0 Å². The molecule has 0 aliphatic heterocycles. The SMILES string of the molecule is CCCC(CNC(=O)c1cc(C)n(CC)c1C)C(=O)O. The Bertz CT molecular complexity index is 492. The van der Waals surface area contributed by atoms with Crippen molar-refractivity contribution in [1.29, 1.82) is 0 Å². The molecule has 1 heterocycles. The first-order valence-corrected chi connectivity index (χ1v) is 7.10. The summed E-state index contributed by atoms with van der Waals surface area (Å²) in [5.74, 6) is -1.56.